The number of rotatable bonds is 6. The van der Waals surface area contributed by atoms with Gasteiger partial charge in [-0.2, -0.15) is 0 Å². The summed E-state index contributed by atoms with van der Waals surface area (Å²) < 4.78 is 5.41. The van der Waals surface area contributed by atoms with E-state index in [1.807, 2.05) is 66.0 Å². The minimum absolute atomic E-state index is 0.142. The molecule has 1 fully saturated rings. The topological polar surface area (TPSA) is 71.5 Å². The van der Waals surface area contributed by atoms with Crippen molar-refractivity contribution in [3.05, 3.63) is 76.6 Å². The first-order valence-electron chi connectivity index (χ1n) is 10.4. The van der Waals surface area contributed by atoms with Crippen molar-refractivity contribution in [2.75, 3.05) is 19.6 Å². The fraction of sp³-hybridized carbons (Fsp3) is 0.292. The van der Waals surface area contributed by atoms with Crippen LogP contribution in [-0.2, 0) is 11.3 Å². The van der Waals surface area contributed by atoms with E-state index in [-0.39, 0.29) is 18.6 Å². The molecule has 0 unspecified atom stereocenters. The molecular weight excluding hydrogens is 410 g/mol. The first kappa shape index (κ1) is 21.1. The molecule has 0 spiro atoms. The minimum atomic E-state index is -0.275. The molecule has 1 aliphatic rings. The summed E-state index contributed by atoms with van der Waals surface area (Å²) in [5.41, 5.74) is 2.80. The van der Waals surface area contributed by atoms with Crippen LogP contribution < -0.4 is 5.32 Å². The summed E-state index contributed by atoms with van der Waals surface area (Å²) in [6.45, 7) is 2.16. The van der Waals surface area contributed by atoms with Crippen LogP contribution in [0.25, 0.3) is 11.3 Å². The lowest BCUT2D eigenvalue weighted by molar-refractivity contribution is 0.0800. The summed E-state index contributed by atoms with van der Waals surface area (Å²) in [4.78, 5) is 31.0. The van der Waals surface area contributed by atoms with Crippen molar-refractivity contribution in [2.24, 2.45) is 5.92 Å². The van der Waals surface area contributed by atoms with Gasteiger partial charge in [-0.05, 0) is 24.3 Å². The third-order valence-corrected chi connectivity index (χ3v) is 6.24. The lowest BCUT2D eigenvalue weighted by Gasteiger charge is -2.31. The van der Waals surface area contributed by atoms with E-state index in [9.17, 15) is 9.59 Å². The summed E-state index contributed by atoms with van der Waals surface area (Å²) in [5.74, 6) is 0.201. The standard InChI is InChI=1S/C24H25N3O3S/c28-22(23-26-21(17-31-23)20-9-5-2-6-10-20)25-15-18-11-13-27(14-12-18)24(29)30-16-19-7-3-1-4-8-19/h1-10,17-18H,11-16H2,(H,25,28). The molecule has 0 aliphatic carbocycles. The number of nitrogens with zero attached hydrogens (tertiary/aromatic N) is 2. The highest BCUT2D eigenvalue weighted by Crippen LogP contribution is 2.22. The molecule has 1 aliphatic heterocycles. The average molecular weight is 436 g/mol. The van der Waals surface area contributed by atoms with Gasteiger partial charge in [0.25, 0.3) is 5.91 Å². The van der Waals surface area contributed by atoms with Gasteiger partial charge in [-0.25, -0.2) is 9.78 Å². The van der Waals surface area contributed by atoms with E-state index in [4.69, 9.17) is 4.74 Å². The van der Waals surface area contributed by atoms with Crippen LogP contribution in [0, 0.1) is 5.92 Å². The lowest BCUT2D eigenvalue weighted by Crippen LogP contribution is -2.41. The maximum Gasteiger partial charge on any atom is 0.410 e. The smallest absolute Gasteiger partial charge is 0.410 e. The first-order chi connectivity index (χ1) is 15.2. The predicted octanol–water partition coefficient (Wildman–Crippen LogP) is 4.59. The van der Waals surface area contributed by atoms with Gasteiger partial charge in [0, 0.05) is 30.6 Å². The second kappa shape index (κ2) is 10.2. The van der Waals surface area contributed by atoms with Crippen LogP contribution in [-0.4, -0.2) is 41.5 Å². The molecule has 2 amide bonds. The van der Waals surface area contributed by atoms with Crippen molar-refractivity contribution in [1.29, 1.82) is 0 Å². The lowest BCUT2D eigenvalue weighted by atomic mass is 9.97. The molecule has 1 saturated heterocycles. The Morgan fingerprint density at radius 2 is 1.71 bits per heavy atom. The molecule has 4 rings (SSSR count). The van der Waals surface area contributed by atoms with Gasteiger partial charge in [0.1, 0.15) is 6.61 Å². The van der Waals surface area contributed by atoms with E-state index in [0.29, 0.717) is 30.6 Å². The van der Waals surface area contributed by atoms with Crippen molar-refractivity contribution in [1.82, 2.24) is 15.2 Å². The highest BCUT2D eigenvalue weighted by atomic mass is 32.1. The van der Waals surface area contributed by atoms with Crippen molar-refractivity contribution in [2.45, 2.75) is 19.4 Å². The molecule has 1 N–H and O–H groups in total. The SMILES string of the molecule is O=C(NCC1CCN(C(=O)OCc2ccccc2)CC1)c1nc(-c2ccccc2)cs1. The molecule has 0 saturated carbocycles. The monoisotopic (exact) mass is 435 g/mol. The van der Waals surface area contributed by atoms with Crippen LogP contribution >= 0.6 is 11.3 Å². The zero-order chi connectivity index (χ0) is 21.5. The number of carbonyl (C=O) groups is 2. The fourth-order valence-corrected chi connectivity index (χ4v) is 4.30. The number of nitrogens with one attached hydrogen (secondary N) is 1. The average Bonchev–Trinajstić information content (AvgIpc) is 3.33. The number of ether oxygens (including phenoxy) is 1. The van der Waals surface area contributed by atoms with Gasteiger partial charge in [-0.15, -0.1) is 11.3 Å². The van der Waals surface area contributed by atoms with Gasteiger partial charge in [-0.1, -0.05) is 60.7 Å². The number of benzene rings is 2. The Labute approximate surface area is 185 Å². The molecule has 0 radical (unpaired) electrons. The van der Waals surface area contributed by atoms with Gasteiger partial charge < -0.3 is 15.0 Å². The first-order valence-corrected chi connectivity index (χ1v) is 11.3. The number of amides is 2. The van der Waals surface area contributed by atoms with E-state index >= 15 is 0 Å². The van der Waals surface area contributed by atoms with Crippen molar-refractivity contribution in [3.8, 4) is 11.3 Å². The number of likely N-dealkylation sites (tertiary alicyclic amines) is 1. The van der Waals surface area contributed by atoms with Crippen LogP contribution in [0.15, 0.2) is 66.0 Å². The van der Waals surface area contributed by atoms with E-state index in [1.54, 1.807) is 4.90 Å². The molecule has 2 heterocycles. The van der Waals surface area contributed by atoms with Crippen molar-refractivity contribution < 1.29 is 14.3 Å². The molecule has 31 heavy (non-hydrogen) atoms. The molecule has 0 atom stereocenters. The molecule has 160 valence electrons. The zero-order valence-electron chi connectivity index (χ0n) is 17.2. The van der Waals surface area contributed by atoms with Crippen LogP contribution in [0.2, 0.25) is 0 Å². The number of carbonyl (C=O) groups excluding carboxylic acids is 2. The Kier molecular flexibility index (Phi) is 6.94. The summed E-state index contributed by atoms with van der Waals surface area (Å²) in [6.07, 6.45) is 1.41. The van der Waals surface area contributed by atoms with Gasteiger partial charge in [0.2, 0.25) is 0 Å². The van der Waals surface area contributed by atoms with E-state index in [1.165, 1.54) is 11.3 Å². The molecular formula is C24H25N3O3S. The molecule has 6 nitrogen and oxygen atoms in total. The highest BCUT2D eigenvalue weighted by Gasteiger charge is 2.24. The summed E-state index contributed by atoms with van der Waals surface area (Å²) in [6, 6.07) is 19.5. The molecule has 0 bridgehead atoms. The second-order valence-electron chi connectivity index (χ2n) is 7.58. The Morgan fingerprint density at radius 3 is 2.42 bits per heavy atom. The summed E-state index contributed by atoms with van der Waals surface area (Å²) >= 11 is 1.35. The number of thiazole rings is 1. The Bertz CT molecular complexity index is 999. The van der Waals surface area contributed by atoms with Crippen molar-refractivity contribution >= 4 is 23.3 Å². The quantitative estimate of drug-likeness (QED) is 0.615. The van der Waals surface area contributed by atoms with Gasteiger partial charge in [0.15, 0.2) is 5.01 Å². The number of hydrogen-bond acceptors (Lipinski definition) is 5. The van der Waals surface area contributed by atoms with Crippen molar-refractivity contribution in [3.63, 3.8) is 0 Å². The summed E-state index contributed by atoms with van der Waals surface area (Å²) in [5, 5.41) is 5.38. The largest absolute Gasteiger partial charge is 0.445 e. The molecule has 1 aromatic heterocycles. The molecule has 2 aromatic carbocycles. The van der Waals surface area contributed by atoms with E-state index in [0.717, 1.165) is 29.7 Å². The summed E-state index contributed by atoms with van der Waals surface area (Å²) in [7, 11) is 0. The third kappa shape index (κ3) is 5.70. The maximum absolute atomic E-state index is 12.5. The molecule has 3 aromatic rings. The third-order valence-electron chi connectivity index (χ3n) is 5.40. The van der Waals surface area contributed by atoms with E-state index < -0.39 is 0 Å². The van der Waals surface area contributed by atoms with E-state index in [2.05, 4.69) is 10.3 Å². The Hall–Kier alpha value is -3.19. The van der Waals surface area contributed by atoms with Gasteiger partial charge in [0.05, 0.1) is 5.69 Å². The normalized spacial score (nSPS) is 14.3. The second-order valence-corrected chi connectivity index (χ2v) is 8.44. The number of piperidine rings is 1. The van der Waals surface area contributed by atoms with Crippen LogP contribution in [0.1, 0.15) is 28.2 Å². The van der Waals surface area contributed by atoms with Crippen LogP contribution in [0.5, 0.6) is 0 Å². The predicted molar refractivity (Wildman–Crippen MR) is 121 cm³/mol. The zero-order valence-corrected chi connectivity index (χ0v) is 18.0. The fourth-order valence-electron chi connectivity index (χ4n) is 3.56. The molecule has 7 heteroatoms. The Morgan fingerprint density at radius 1 is 1.03 bits per heavy atom. The minimum Gasteiger partial charge on any atom is -0.445 e. The Balaban J connectivity index is 1.19. The van der Waals surface area contributed by atoms with Crippen LogP contribution in [0.3, 0.4) is 0 Å². The number of hydrogen-bond donors (Lipinski definition) is 1. The highest BCUT2D eigenvalue weighted by molar-refractivity contribution is 7.12. The van der Waals surface area contributed by atoms with Gasteiger partial charge in [-0.3, -0.25) is 4.79 Å². The van der Waals surface area contributed by atoms with Gasteiger partial charge >= 0.3 is 6.09 Å². The number of aromatic nitrogens is 1. The van der Waals surface area contributed by atoms with Crippen LogP contribution in [0.4, 0.5) is 4.79 Å². The maximum atomic E-state index is 12.5.